The van der Waals surface area contributed by atoms with Crippen molar-refractivity contribution in [3.8, 4) is 0 Å². The standard InChI is InChI=1S/C10H17NO/c1-8-6-10(2,3)5-4-9(8)11-7-12/h8-9H,4-6H2,1-3H3. The van der Waals surface area contributed by atoms with E-state index in [2.05, 4.69) is 25.8 Å². The number of aliphatic imine (C=N–C) groups is 1. The van der Waals surface area contributed by atoms with Gasteiger partial charge in [0, 0.05) is 0 Å². The molecule has 0 heterocycles. The minimum Gasteiger partial charge on any atom is -0.211 e. The van der Waals surface area contributed by atoms with Gasteiger partial charge in [0.25, 0.3) is 0 Å². The predicted molar refractivity (Wildman–Crippen MR) is 48.7 cm³/mol. The minimum atomic E-state index is 0.232. The van der Waals surface area contributed by atoms with E-state index < -0.39 is 0 Å². The van der Waals surface area contributed by atoms with Crippen LogP contribution in [-0.4, -0.2) is 12.1 Å². The smallest absolute Gasteiger partial charge is 0.211 e. The molecule has 0 saturated heterocycles. The topological polar surface area (TPSA) is 29.4 Å². The summed E-state index contributed by atoms with van der Waals surface area (Å²) in [7, 11) is 0. The quantitative estimate of drug-likeness (QED) is 0.436. The van der Waals surface area contributed by atoms with Crippen LogP contribution in [0.25, 0.3) is 0 Å². The molecule has 2 heteroatoms. The molecule has 12 heavy (non-hydrogen) atoms. The molecule has 2 atom stereocenters. The van der Waals surface area contributed by atoms with Crippen LogP contribution in [0.4, 0.5) is 0 Å². The zero-order valence-corrected chi connectivity index (χ0v) is 8.13. The molecule has 1 rings (SSSR count). The predicted octanol–water partition coefficient (Wildman–Crippen LogP) is 2.54. The highest BCUT2D eigenvalue weighted by molar-refractivity contribution is 5.33. The first-order valence-corrected chi connectivity index (χ1v) is 4.62. The van der Waals surface area contributed by atoms with Gasteiger partial charge >= 0.3 is 0 Å². The molecule has 0 N–H and O–H groups in total. The van der Waals surface area contributed by atoms with Crippen LogP contribution < -0.4 is 0 Å². The van der Waals surface area contributed by atoms with Crippen LogP contribution in [0.5, 0.6) is 0 Å². The van der Waals surface area contributed by atoms with Gasteiger partial charge in [-0.3, -0.25) is 0 Å². The molecule has 0 radical (unpaired) electrons. The highest BCUT2D eigenvalue weighted by Gasteiger charge is 2.31. The molecule has 1 aliphatic carbocycles. The minimum absolute atomic E-state index is 0.232. The molecule has 1 aliphatic rings. The molecule has 1 fully saturated rings. The molecule has 0 spiro atoms. The number of carbonyl (C=O) groups excluding carboxylic acids is 1. The van der Waals surface area contributed by atoms with Crippen molar-refractivity contribution < 1.29 is 4.79 Å². The van der Waals surface area contributed by atoms with E-state index in [1.807, 2.05) is 0 Å². The lowest BCUT2D eigenvalue weighted by Crippen LogP contribution is -2.30. The maximum Gasteiger partial charge on any atom is 0.235 e. The highest BCUT2D eigenvalue weighted by Crippen LogP contribution is 2.39. The molecule has 0 aromatic rings. The highest BCUT2D eigenvalue weighted by atomic mass is 16.1. The van der Waals surface area contributed by atoms with E-state index in [0.717, 1.165) is 6.42 Å². The lowest BCUT2D eigenvalue weighted by Gasteiger charge is -2.36. The van der Waals surface area contributed by atoms with Gasteiger partial charge in [0.15, 0.2) is 0 Å². The van der Waals surface area contributed by atoms with Gasteiger partial charge in [-0.15, -0.1) is 0 Å². The summed E-state index contributed by atoms with van der Waals surface area (Å²) in [4.78, 5) is 13.9. The zero-order valence-electron chi connectivity index (χ0n) is 8.13. The summed E-state index contributed by atoms with van der Waals surface area (Å²) in [5.41, 5.74) is 0.439. The second-order valence-electron chi connectivity index (χ2n) is 4.67. The molecular weight excluding hydrogens is 150 g/mol. The Bertz CT molecular complexity index is 204. The number of isocyanates is 1. The van der Waals surface area contributed by atoms with E-state index in [1.54, 1.807) is 6.08 Å². The lowest BCUT2D eigenvalue weighted by atomic mass is 9.71. The molecule has 68 valence electrons. The Morgan fingerprint density at radius 3 is 2.67 bits per heavy atom. The van der Waals surface area contributed by atoms with Crippen molar-refractivity contribution >= 4 is 6.08 Å². The number of hydrogen-bond donors (Lipinski definition) is 0. The molecule has 2 unspecified atom stereocenters. The Labute approximate surface area is 74.1 Å². The van der Waals surface area contributed by atoms with E-state index in [4.69, 9.17) is 0 Å². The van der Waals surface area contributed by atoms with Crippen molar-refractivity contribution in [2.45, 2.75) is 46.1 Å². The van der Waals surface area contributed by atoms with Crippen molar-refractivity contribution in [1.82, 2.24) is 0 Å². The second kappa shape index (κ2) is 3.40. The first kappa shape index (κ1) is 9.47. The van der Waals surface area contributed by atoms with Crippen molar-refractivity contribution in [3.63, 3.8) is 0 Å². The van der Waals surface area contributed by atoms with E-state index in [0.29, 0.717) is 11.3 Å². The number of rotatable bonds is 1. The van der Waals surface area contributed by atoms with Crippen molar-refractivity contribution in [1.29, 1.82) is 0 Å². The third kappa shape index (κ3) is 2.18. The Hall–Kier alpha value is -0.620. The summed E-state index contributed by atoms with van der Waals surface area (Å²) < 4.78 is 0. The molecule has 1 saturated carbocycles. The van der Waals surface area contributed by atoms with E-state index in [-0.39, 0.29) is 6.04 Å². The average Bonchev–Trinajstić information content (AvgIpc) is 1.94. The van der Waals surface area contributed by atoms with Crippen molar-refractivity contribution in [2.24, 2.45) is 16.3 Å². The van der Waals surface area contributed by atoms with Gasteiger partial charge in [0.2, 0.25) is 6.08 Å². The van der Waals surface area contributed by atoms with Gasteiger partial charge in [-0.2, -0.15) is 0 Å². The third-order valence-electron chi connectivity index (χ3n) is 2.87. The number of nitrogens with zero attached hydrogens (tertiary/aromatic N) is 1. The number of hydrogen-bond acceptors (Lipinski definition) is 2. The maximum absolute atomic E-state index is 10.1. The SMILES string of the molecule is CC1CC(C)(C)CCC1N=C=O. The van der Waals surface area contributed by atoms with Gasteiger partial charge in [-0.1, -0.05) is 20.8 Å². The fourth-order valence-electron chi connectivity index (χ4n) is 2.19. The van der Waals surface area contributed by atoms with E-state index in [9.17, 15) is 4.79 Å². The average molecular weight is 167 g/mol. The summed E-state index contributed by atoms with van der Waals surface area (Å²) in [5.74, 6) is 0.537. The Morgan fingerprint density at radius 1 is 1.50 bits per heavy atom. The van der Waals surface area contributed by atoms with Crippen LogP contribution >= 0.6 is 0 Å². The summed E-state index contributed by atoms with van der Waals surface area (Å²) in [5, 5.41) is 0. The Morgan fingerprint density at radius 2 is 2.17 bits per heavy atom. The van der Waals surface area contributed by atoms with Crippen LogP contribution in [0.2, 0.25) is 0 Å². The van der Waals surface area contributed by atoms with Crippen LogP contribution in [0.3, 0.4) is 0 Å². The van der Waals surface area contributed by atoms with Gasteiger partial charge in [0.05, 0.1) is 6.04 Å². The Balaban J connectivity index is 2.59. The molecule has 0 aromatic carbocycles. The molecule has 2 nitrogen and oxygen atoms in total. The van der Waals surface area contributed by atoms with Crippen LogP contribution in [0, 0.1) is 11.3 Å². The summed E-state index contributed by atoms with van der Waals surface area (Å²) >= 11 is 0. The molecular formula is C10H17NO. The fraction of sp³-hybridized carbons (Fsp3) is 0.900. The van der Waals surface area contributed by atoms with E-state index >= 15 is 0 Å². The lowest BCUT2D eigenvalue weighted by molar-refractivity contribution is 0.169. The first-order chi connectivity index (χ1) is 5.55. The van der Waals surface area contributed by atoms with Gasteiger partial charge in [0.1, 0.15) is 0 Å². The van der Waals surface area contributed by atoms with Crippen LogP contribution in [-0.2, 0) is 4.79 Å². The van der Waals surface area contributed by atoms with Crippen LogP contribution in [0.1, 0.15) is 40.0 Å². The normalized spacial score (nSPS) is 33.9. The summed E-state index contributed by atoms with van der Waals surface area (Å²) in [6, 6.07) is 0.232. The van der Waals surface area contributed by atoms with Gasteiger partial charge in [-0.25, -0.2) is 9.79 Å². The second-order valence-corrected chi connectivity index (χ2v) is 4.67. The van der Waals surface area contributed by atoms with Gasteiger partial charge < -0.3 is 0 Å². The third-order valence-corrected chi connectivity index (χ3v) is 2.87. The van der Waals surface area contributed by atoms with Crippen molar-refractivity contribution in [3.05, 3.63) is 0 Å². The molecule has 0 amide bonds. The monoisotopic (exact) mass is 167 g/mol. The molecule has 0 aromatic heterocycles. The molecule has 0 aliphatic heterocycles. The van der Waals surface area contributed by atoms with Gasteiger partial charge in [-0.05, 0) is 30.6 Å². The summed E-state index contributed by atoms with van der Waals surface area (Å²) in [6.07, 6.45) is 5.06. The fourth-order valence-corrected chi connectivity index (χ4v) is 2.19. The largest absolute Gasteiger partial charge is 0.235 e. The Kier molecular flexibility index (Phi) is 2.69. The van der Waals surface area contributed by atoms with Crippen LogP contribution in [0.15, 0.2) is 4.99 Å². The maximum atomic E-state index is 10.1. The first-order valence-electron chi connectivity index (χ1n) is 4.62. The zero-order chi connectivity index (χ0) is 9.19. The summed E-state index contributed by atoms with van der Waals surface area (Å²) in [6.45, 7) is 6.74. The van der Waals surface area contributed by atoms with Crippen molar-refractivity contribution in [2.75, 3.05) is 0 Å². The van der Waals surface area contributed by atoms with E-state index in [1.165, 1.54) is 12.8 Å². The molecule has 0 bridgehead atoms.